The second-order valence-electron chi connectivity index (χ2n) is 23.2. The molecule has 0 spiro atoms. The number of fused-ring (bicyclic) bond motifs is 4. The molecule has 0 unspecified atom stereocenters. The molecule has 0 saturated heterocycles. The molecule has 29 heteroatoms. The normalized spacial score (nSPS) is 11.0. The fourth-order valence-corrected chi connectivity index (χ4v) is 8.47. The molecule has 0 aliphatic rings. The largest absolute Gasteiger partial charge is 0.508 e. The van der Waals surface area contributed by atoms with Crippen LogP contribution >= 0.6 is 12.2 Å². The summed E-state index contributed by atoms with van der Waals surface area (Å²) in [5, 5.41) is 45.7. The van der Waals surface area contributed by atoms with Gasteiger partial charge in [0.2, 0.25) is 0 Å². The number of carbonyl (C=O) groups excluding carboxylic acids is 1. The van der Waals surface area contributed by atoms with E-state index < -0.39 is 11.7 Å². The number of unbranched alkanes of at least 4 members (excludes halogenated alkanes) is 1. The molecule has 0 bridgehead atoms. The van der Waals surface area contributed by atoms with E-state index in [2.05, 4.69) is 86.5 Å². The van der Waals surface area contributed by atoms with Gasteiger partial charge in [-0.25, -0.2) is 13.6 Å². The number of nitrogen functional groups attached to an aromatic ring is 1. The first-order valence-electron chi connectivity index (χ1n) is 33.2. The molecule has 0 saturated carbocycles. The molecule has 0 atom stereocenters. The van der Waals surface area contributed by atoms with E-state index in [0.29, 0.717) is 98.9 Å². The Hall–Kier alpha value is -10.9. The predicted octanol–water partition coefficient (Wildman–Crippen LogP) is 16.6. The minimum Gasteiger partial charge on any atom is -0.508 e. The highest BCUT2D eigenvalue weighted by Gasteiger charge is 2.17. The van der Waals surface area contributed by atoms with Crippen LogP contribution in [0.4, 0.5) is 49.0 Å². The lowest BCUT2D eigenvalue weighted by Crippen LogP contribution is -2.34. The summed E-state index contributed by atoms with van der Waals surface area (Å²) in [7, 11) is 4.73. The zero-order chi connectivity index (χ0) is 74.4. The Balaban J connectivity index is 0.000000226. The number of halogens is 2. The third-order valence-corrected chi connectivity index (χ3v) is 13.9. The summed E-state index contributed by atoms with van der Waals surface area (Å²) in [4.78, 5) is 29.5. The van der Waals surface area contributed by atoms with Crippen LogP contribution in [0, 0.1) is 0 Å². The first-order chi connectivity index (χ1) is 49.1. The van der Waals surface area contributed by atoms with Crippen molar-refractivity contribution in [1.29, 1.82) is 0 Å². The first-order valence-corrected chi connectivity index (χ1v) is 33.6. The fraction of sp³-hybridized carbons (Fsp3) is 0.370. The van der Waals surface area contributed by atoms with Crippen molar-refractivity contribution in [1.82, 2.24) is 25.3 Å². The van der Waals surface area contributed by atoms with Crippen molar-refractivity contribution in [3.05, 3.63) is 133 Å². The summed E-state index contributed by atoms with van der Waals surface area (Å²) in [6.07, 6.45) is 7.30. The average Bonchev–Trinajstić information content (AvgIpc) is 1.70. The number of thiocarbonyl (C=S) groups is 1. The molecule has 13 N–H and O–H groups in total. The van der Waals surface area contributed by atoms with Crippen LogP contribution in [0.5, 0.6) is 46.0 Å². The quantitative estimate of drug-likeness (QED) is 0.0123. The Morgan fingerprint density at radius 2 is 0.931 bits per heavy atom. The lowest BCUT2D eigenvalue weighted by atomic mass is 10.2. The lowest BCUT2D eigenvalue weighted by Gasteiger charge is -2.20. The number of aromatic hydroxyl groups is 3. The molecule has 4 aromatic heterocycles. The minimum atomic E-state index is -0.614. The monoisotopic (exact) mass is 1430 g/mol. The van der Waals surface area contributed by atoms with E-state index in [1.165, 1.54) is 13.2 Å². The van der Waals surface area contributed by atoms with Crippen LogP contribution in [0.1, 0.15) is 100 Å². The van der Waals surface area contributed by atoms with Crippen molar-refractivity contribution in [2.75, 3.05) is 106 Å². The number of carbonyl (C=O) groups is 1. The topological polar surface area (TPSA) is 361 Å². The number of anilines is 6. The molecule has 0 fully saturated rings. The van der Waals surface area contributed by atoms with Crippen molar-refractivity contribution in [2.24, 2.45) is 5.73 Å². The smallest absolute Gasteiger partial charge is 0.407 e. The molecule has 552 valence electrons. The number of nitrogens with two attached hydrogens (primary N) is 2. The number of rotatable bonds is 28. The molecule has 1 amide bonds. The molecule has 4 heterocycles. The number of phenolic OH excluding ortho intramolecular Hbond substituents is 3. The summed E-state index contributed by atoms with van der Waals surface area (Å²) < 4.78 is 78.5. The van der Waals surface area contributed by atoms with Crippen LogP contribution in [0.3, 0.4) is 0 Å². The molecule has 10 aromatic rings. The van der Waals surface area contributed by atoms with Crippen molar-refractivity contribution in [2.45, 2.75) is 106 Å². The highest BCUT2D eigenvalue weighted by atomic mass is 32.1. The third-order valence-electron chi connectivity index (χ3n) is 13.5. The van der Waals surface area contributed by atoms with Gasteiger partial charge in [0.15, 0.2) is 22.3 Å². The molecular weight excluding hydrogens is 1340 g/mol. The van der Waals surface area contributed by atoms with E-state index >= 15 is 0 Å². The van der Waals surface area contributed by atoms with Crippen molar-refractivity contribution >= 4 is 103 Å². The summed E-state index contributed by atoms with van der Waals surface area (Å²) in [6.45, 7) is 19.1. The van der Waals surface area contributed by atoms with Gasteiger partial charge in [0.25, 0.3) is 24.1 Å². The molecule has 102 heavy (non-hydrogen) atoms. The van der Waals surface area contributed by atoms with E-state index in [1.807, 2.05) is 18.2 Å². The summed E-state index contributed by atoms with van der Waals surface area (Å²) in [5.74, 6) is 3.50. The summed E-state index contributed by atoms with van der Waals surface area (Å²) in [5.41, 5.74) is 17.3. The lowest BCUT2D eigenvalue weighted by molar-refractivity contribution is 0.0531. The van der Waals surface area contributed by atoms with Crippen LogP contribution in [0.2, 0.25) is 0 Å². The summed E-state index contributed by atoms with van der Waals surface area (Å²) >= 11 is 5.17. The number of benzene rings is 6. The molecule has 0 radical (unpaired) electrons. The number of aromatic nitrogens is 4. The van der Waals surface area contributed by atoms with Gasteiger partial charge in [0.05, 0.1) is 50.4 Å². The maximum Gasteiger partial charge on any atom is 0.407 e. The van der Waals surface area contributed by atoms with Gasteiger partial charge in [0, 0.05) is 86.8 Å². The Bertz CT molecular complexity index is 4230. The zero-order valence-corrected chi connectivity index (χ0v) is 60.4. The Morgan fingerprint density at radius 3 is 1.33 bits per heavy atom. The predicted molar refractivity (Wildman–Crippen MR) is 402 cm³/mol. The molecule has 0 aliphatic carbocycles. The summed E-state index contributed by atoms with van der Waals surface area (Å²) in [6, 6.07) is 32.8. The number of alkyl carbamates (subject to hydrolysis) is 1. The number of amides is 1. The van der Waals surface area contributed by atoms with Gasteiger partial charge in [-0.05, 0) is 132 Å². The molecule has 6 aromatic carbocycles. The number of hydrogen-bond acceptors (Lipinski definition) is 25. The minimum absolute atomic E-state index is 0.0128. The Labute approximate surface area is 597 Å². The van der Waals surface area contributed by atoms with E-state index in [-0.39, 0.29) is 49.1 Å². The number of nitrogens with one attached hydrogen (secondary N) is 6. The van der Waals surface area contributed by atoms with Crippen LogP contribution in [0.15, 0.2) is 151 Å². The number of oxazole rings is 4. The zero-order valence-electron chi connectivity index (χ0n) is 59.6. The molecular formula is C73H96F2N12O14S. The highest BCUT2D eigenvalue weighted by Crippen LogP contribution is 2.31. The van der Waals surface area contributed by atoms with Crippen LogP contribution in [-0.2, 0) is 4.74 Å². The first kappa shape index (κ1) is 81.7. The molecule has 26 nitrogen and oxygen atoms in total. The number of nitrogens with zero attached hydrogens (tertiary/aromatic N) is 4. The maximum absolute atomic E-state index is 13.1. The van der Waals surface area contributed by atoms with Crippen LogP contribution in [-0.4, -0.2) is 126 Å². The van der Waals surface area contributed by atoms with Gasteiger partial charge < -0.3 is 105 Å². The highest BCUT2D eigenvalue weighted by molar-refractivity contribution is 7.80. The Kier molecular flexibility index (Phi) is 34.9. The maximum atomic E-state index is 13.1. The van der Waals surface area contributed by atoms with E-state index in [0.717, 1.165) is 104 Å². The van der Waals surface area contributed by atoms with Gasteiger partial charge >= 0.3 is 6.09 Å². The number of hydrogen-bond donors (Lipinski definition) is 11. The SMILES string of the molecule is CCCCC(=S)Nc1ccc(OC)cc1O.CCCNc1nc2ccc(O)cc2o1.CCCNc1nc2ccc(OC)cc2o1.CCCNc1nc2ccc(OC/C(=C/F)CN)cc2o1.CCCNc1nc2ccc(OC/C(=C/F)CNC(=O)OC(C)(C)C)cc2o1.COc1ccc(N)c(O)c1. The second-order valence-corrected chi connectivity index (χ2v) is 23.7. The second kappa shape index (κ2) is 43.6. The number of ether oxygens (including phenoxy) is 6. The number of phenols is 3. The Morgan fingerprint density at radius 1 is 0.539 bits per heavy atom. The standard InChI is InChI=1S/C19H26FN3O4.C14H18FN3O2.C12H17NO2S.C11H14N2O2.C10H12N2O2.C7H9NO2/c1-5-8-21-17-23-15-7-6-14(9-16(15)26-17)25-12-13(10-20)11-22-18(24)27-19(2,3)4;1-2-5-17-14-18-12-4-3-11(6-13(12)20-14)19-9-10(7-15)8-16;1-3-4-5-12(16)13-10-7-6-9(15-2)8-11(10)14;1-3-6-12-11-13-9-5-4-8(14-2)7-10(9)15-11;1-2-5-11-10-12-8-4-3-7(13)6-9(8)14-10;1-10-5-2-3-6(8)7(9)4-5/h6-7,9-10H,5,8,11-12H2,1-4H3,(H,21,23)(H,22,24);3-4,6-7H,2,5,8-9,16H2,1H3,(H,17,18);6-8,14H,3-5H2,1-2H3,(H,13,16);4-5,7H,3,6H2,1-2H3,(H,12,13);3-4,6,13H,2,5H2,1H3,(H,11,12);2-4,9H,8H2,1H3/b13-10+;10-7+;;;;. The van der Waals surface area contributed by atoms with Crippen molar-refractivity contribution in [3.8, 4) is 46.0 Å². The van der Waals surface area contributed by atoms with Crippen molar-refractivity contribution < 1.29 is 75.0 Å². The fourth-order valence-electron chi connectivity index (χ4n) is 8.22. The van der Waals surface area contributed by atoms with Crippen LogP contribution < -0.4 is 67.1 Å². The number of methoxy groups -OCH3 is 3. The van der Waals surface area contributed by atoms with E-state index in [9.17, 15) is 23.8 Å². The van der Waals surface area contributed by atoms with Gasteiger partial charge in [-0.2, -0.15) is 19.9 Å². The van der Waals surface area contributed by atoms with Gasteiger partial charge in [-0.1, -0.05) is 53.3 Å². The van der Waals surface area contributed by atoms with Gasteiger partial charge in [0.1, 0.15) is 86.9 Å². The molecule has 0 aliphatic heterocycles. The average molecular weight is 1440 g/mol. The molecule has 10 rings (SSSR count). The van der Waals surface area contributed by atoms with E-state index in [1.54, 1.807) is 120 Å². The van der Waals surface area contributed by atoms with Gasteiger partial charge in [-0.3, -0.25) is 0 Å². The third kappa shape index (κ3) is 28.7. The van der Waals surface area contributed by atoms with Gasteiger partial charge in [-0.15, -0.1) is 0 Å². The van der Waals surface area contributed by atoms with E-state index in [4.69, 9.17) is 74.9 Å². The van der Waals surface area contributed by atoms with Crippen LogP contribution in [0.25, 0.3) is 44.4 Å². The van der Waals surface area contributed by atoms with Crippen molar-refractivity contribution in [3.63, 3.8) is 0 Å².